The number of hydrogen-bond acceptors (Lipinski definition) is 10. The number of carbonyl (C=O) groups excluding carboxylic acids is 4. The van der Waals surface area contributed by atoms with E-state index in [1.165, 1.54) is 26.3 Å². The largest absolute Gasteiger partial charge is 0.462 e. The Hall–Kier alpha value is -2.72. The van der Waals surface area contributed by atoms with Crippen molar-refractivity contribution in [2.45, 2.75) is 112 Å². The van der Waals surface area contributed by atoms with Crippen molar-refractivity contribution >= 4 is 23.9 Å². The highest BCUT2D eigenvalue weighted by atomic mass is 16.7. The molecule has 0 bridgehead atoms. The summed E-state index contributed by atoms with van der Waals surface area (Å²) in [5.41, 5.74) is 1.95. The summed E-state index contributed by atoms with van der Waals surface area (Å²) in [7, 11) is 0. The molecule has 0 spiro atoms. The number of allylic oxidation sites excluding steroid dienone is 3. The van der Waals surface area contributed by atoms with Crippen molar-refractivity contribution in [1.82, 2.24) is 0 Å². The molecule has 1 aliphatic heterocycles. The summed E-state index contributed by atoms with van der Waals surface area (Å²) >= 11 is 0. The number of aliphatic hydroxyl groups is 1. The van der Waals surface area contributed by atoms with Gasteiger partial charge in [-0.05, 0) is 75.2 Å². The Morgan fingerprint density at radius 3 is 2.34 bits per heavy atom. The Balaban J connectivity index is 1.82. The molecule has 10 heteroatoms. The van der Waals surface area contributed by atoms with Crippen molar-refractivity contribution in [3.8, 4) is 0 Å². The molecule has 3 rings (SSSR count). The summed E-state index contributed by atoms with van der Waals surface area (Å²) in [6.07, 6.45) is 3.80. The van der Waals surface area contributed by atoms with Crippen LogP contribution in [0.4, 0.5) is 0 Å². The lowest BCUT2D eigenvalue weighted by molar-refractivity contribution is -0.273. The van der Waals surface area contributed by atoms with E-state index in [1.54, 1.807) is 0 Å². The van der Waals surface area contributed by atoms with Crippen molar-refractivity contribution in [3.63, 3.8) is 0 Å². The highest BCUT2D eigenvalue weighted by molar-refractivity contribution is 5.74. The van der Waals surface area contributed by atoms with Gasteiger partial charge in [-0.25, -0.2) is 0 Å². The van der Waals surface area contributed by atoms with Gasteiger partial charge in [-0.15, -0.1) is 0 Å². The van der Waals surface area contributed by atoms with Crippen molar-refractivity contribution in [1.29, 1.82) is 0 Å². The van der Waals surface area contributed by atoms with Gasteiger partial charge in [0.05, 0.1) is 12.5 Å². The van der Waals surface area contributed by atoms with Crippen LogP contribution in [-0.2, 0) is 42.9 Å². The molecule has 1 saturated carbocycles. The minimum Gasteiger partial charge on any atom is -0.462 e. The van der Waals surface area contributed by atoms with Gasteiger partial charge >= 0.3 is 23.9 Å². The molecule has 0 radical (unpaired) electrons. The highest BCUT2D eigenvalue weighted by Gasteiger charge is 2.57. The smallest absolute Gasteiger partial charge is 0.311 e. The van der Waals surface area contributed by atoms with Crippen LogP contribution in [0.2, 0.25) is 0 Å². The van der Waals surface area contributed by atoms with Gasteiger partial charge in [0.1, 0.15) is 6.61 Å². The Kier molecular flexibility index (Phi) is 10.8. The van der Waals surface area contributed by atoms with Gasteiger partial charge in [-0.3, -0.25) is 19.2 Å². The summed E-state index contributed by atoms with van der Waals surface area (Å²) < 4.78 is 26.9. The van der Waals surface area contributed by atoms with E-state index >= 15 is 0 Å². The third-order valence-corrected chi connectivity index (χ3v) is 9.44. The van der Waals surface area contributed by atoms with Crippen LogP contribution >= 0.6 is 0 Å². The second-order valence-corrected chi connectivity index (χ2v) is 12.2. The van der Waals surface area contributed by atoms with Crippen molar-refractivity contribution < 1.29 is 48.0 Å². The number of fused-ring (bicyclic) bond motifs is 1. The van der Waals surface area contributed by atoms with Crippen LogP contribution in [0.25, 0.3) is 0 Å². The molecule has 1 saturated heterocycles. The lowest BCUT2D eigenvalue weighted by Gasteiger charge is -2.58. The van der Waals surface area contributed by atoms with E-state index in [1.807, 2.05) is 13.0 Å². The van der Waals surface area contributed by atoms with Crippen molar-refractivity contribution in [3.05, 3.63) is 23.3 Å². The zero-order valence-corrected chi connectivity index (χ0v) is 25.4. The maximum absolute atomic E-state index is 13.9. The van der Waals surface area contributed by atoms with Gasteiger partial charge in [0.2, 0.25) is 6.29 Å². The Morgan fingerprint density at radius 2 is 1.71 bits per heavy atom. The fourth-order valence-electron chi connectivity index (χ4n) is 7.05. The average Bonchev–Trinajstić information content (AvgIpc) is 2.87. The van der Waals surface area contributed by atoms with E-state index in [4.69, 9.17) is 23.7 Å². The average molecular weight is 579 g/mol. The first kappa shape index (κ1) is 32.8. The van der Waals surface area contributed by atoms with Gasteiger partial charge in [0, 0.05) is 20.8 Å². The van der Waals surface area contributed by atoms with Crippen LogP contribution in [0.15, 0.2) is 23.3 Å². The first-order valence-corrected chi connectivity index (χ1v) is 14.5. The third kappa shape index (κ3) is 7.57. The second kappa shape index (κ2) is 13.5. The predicted octanol–water partition coefficient (Wildman–Crippen LogP) is 4.18. The number of carbonyl (C=O) groups is 4. The minimum atomic E-state index is -1.53. The van der Waals surface area contributed by atoms with Crippen LogP contribution < -0.4 is 0 Å². The molecule has 41 heavy (non-hydrogen) atoms. The molecule has 1 heterocycles. The summed E-state index contributed by atoms with van der Waals surface area (Å²) in [5, 5.41) is 11.0. The fourth-order valence-corrected chi connectivity index (χ4v) is 7.05. The maximum Gasteiger partial charge on any atom is 0.311 e. The minimum absolute atomic E-state index is 0.0440. The van der Waals surface area contributed by atoms with E-state index in [0.29, 0.717) is 6.42 Å². The molecule has 3 aliphatic rings. The van der Waals surface area contributed by atoms with Crippen LogP contribution in [0.5, 0.6) is 0 Å². The molecule has 230 valence electrons. The monoisotopic (exact) mass is 578 g/mol. The van der Waals surface area contributed by atoms with Gasteiger partial charge in [-0.1, -0.05) is 31.1 Å². The first-order valence-electron chi connectivity index (χ1n) is 14.5. The molecule has 2 aliphatic carbocycles. The molecular formula is C31H46O10. The van der Waals surface area contributed by atoms with Gasteiger partial charge in [-0.2, -0.15) is 0 Å². The summed E-state index contributed by atoms with van der Waals surface area (Å²) in [4.78, 5) is 48.3. The number of esters is 4. The van der Waals surface area contributed by atoms with E-state index in [9.17, 15) is 24.3 Å². The molecule has 0 amide bonds. The summed E-state index contributed by atoms with van der Waals surface area (Å²) in [6, 6.07) is 0. The third-order valence-electron chi connectivity index (χ3n) is 9.44. The van der Waals surface area contributed by atoms with E-state index in [-0.39, 0.29) is 30.5 Å². The van der Waals surface area contributed by atoms with Crippen LogP contribution in [0, 0.1) is 22.7 Å². The summed E-state index contributed by atoms with van der Waals surface area (Å²) in [5.74, 6) is -2.32. The van der Waals surface area contributed by atoms with E-state index in [2.05, 4.69) is 26.8 Å². The van der Waals surface area contributed by atoms with Gasteiger partial charge in [0.25, 0.3) is 0 Å². The van der Waals surface area contributed by atoms with Crippen molar-refractivity contribution in [2.24, 2.45) is 22.7 Å². The Labute approximate surface area is 242 Å². The van der Waals surface area contributed by atoms with Crippen LogP contribution in [0.1, 0.15) is 87.0 Å². The molecule has 2 fully saturated rings. The second-order valence-electron chi connectivity index (χ2n) is 12.2. The molecule has 0 aromatic heterocycles. The topological polar surface area (TPSA) is 135 Å². The van der Waals surface area contributed by atoms with E-state index in [0.717, 1.165) is 37.7 Å². The SMILES string of the molecule is CC(=O)OCC=C(C)CCC1(C)C(C(=O)OC2OCC(OC(C)=O)C(OC(C)=O)C2O)CCC2(C)C(C)=CCCC21. The summed E-state index contributed by atoms with van der Waals surface area (Å²) in [6.45, 7) is 12.4. The quantitative estimate of drug-likeness (QED) is 0.241. The first-order chi connectivity index (χ1) is 19.2. The Bertz CT molecular complexity index is 1060. The number of aliphatic hydroxyl groups excluding tert-OH is 1. The van der Waals surface area contributed by atoms with E-state index < -0.39 is 53.8 Å². The highest BCUT2D eigenvalue weighted by Crippen LogP contribution is 2.62. The zero-order chi connectivity index (χ0) is 30.5. The molecule has 0 aromatic carbocycles. The van der Waals surface area contributed by atoms with Crippen LogP contribution in [0.3, 0.4) is 0 Å². The molecule has 1 N–H and O–H groups in total. The number of ether oxygens (including phenoxy) is 5. The standard InChI is InChI=1S/C31H46O10/c1-18(13-16-37-20(3)32)11-14-31(7)23(12-15-30(6)19(2)9-8-10-25(30)31)28(36)41-29-26(35)27(40-22(5)34)24(17-38-29)39-21(4)33/h9,13,23-27,29,35H,8,10-12,14-17H2,1-7H3. The van der Waals surface area contributed by atoms with Gasteiger partial charge in [0.15, 0.2) is 18.3 Å². The molecule has 10 nitrogen and oxygen atoms in total. The fraction of sp³-hybridized carbons (Fsp3) is 0.742. The lowest BCUT2D eigenvalue weighted by Crippen LogP contribution is -2.58. The number of rotatable bonds is 9. The van der Waals surface area contributed by atoms with Crippen LogP contribution in [-0.4, -0.2) is 66.8 Å². The van der Waals surface area contributed by atoms with Crippen molar-refractivity contribution in [2.75, 3.05) is 13.2 Å². The maximum atomic E-state index is 13.9. The predicted molar refractivity (Wildman–Crippen MR) is 148 cm³/mol. The van der Waals surface area contributed by atoms with Gasteiger partial charge < -0.3 is 28.8 Å². The Morgan fingerprint density at radius 1 is 1.02 bits per heavy atom. The lowest BCUT2D eigenvalue weighted by atomic mass is 9.46. The molecule has 8 unspecified atom stereocenters. The number of hydrogen-bond donors (Lipinski definition) is 1. The zero-order valence-electron chi connectivity index (χ0n) is 25.4. The normalized spacial score (nSPS) is 35.4. The molecule has 8 atom stereocenters. The molecule has 0 aromatic rings. The molecular weight excluding hydrogens is 532 g/mol.